The van der Waals surface area contributed by atoms with Crippen LogP contribution in [0.5, 0.6) is 0 Å². The molecule has 0 fully saturated rings. The van der Waals surface area contributed by atoms with Crippen LogP contribution in [0.2, 0.25) is 0 Å². The van der Waals surface area contributed by atoms with Crippen molar-refractivity contribution in [3.8, 4) is 0 Å². The van der Waals surface area contributed by atoms with Gasteiger partial charge in [0, 0.05) is 17.4 Å². The average molecular weight is 413 g/mol. The maximum atomic E-state index is 3.42. The normalized spacial score (nSPS) is 10.9. The Kier molecular flexibility index (Phi) is 9.70. The van der Waals surface area contributed by atoms with Gasteiger partial charge in [0.1, 0.15) is 0 Å². The van der Waals surface area contributed by atoms with Crippen LogP contribution in [0.15, 0.2) is 72.8 Å². The SMILES string of the molecule is CCCCCCc1ccc(N(c2[c]cccc2)c2ccc(CCCCCC)cc2)cc1. The predicted molar refractivity (Wildman–Crippen MR) is 136 cm³/mol. The molecular weight excluding hydrogens is 374 g/mol. The van der Waals surface area contributed by atoms with Gasteiger partial charge in [0.2, 0.25) is 0 Å². The molecule has 1 radical (unpaired) electrons. The molecule has 0 heterocycles. The van der Waals surface area contributed by atoms with Gasteiger partial charge in [-0.2, -0.15) is 0 Å². The number of nitrogens with zero attached hydrogens (tertiary/aromatic N) is 1. The topological polar surface area (TPSA) is 3.24 Å². The Labute approximate surface area is 190 Å². The number of rotatable bonds is 13. The van der Waals surface area contributed by atoms with Gasteiger partial charge in [0.25, 0.3) is 0 Å². The van der Waals surface area contributed by atoms with E-state index in [1.807, 2.05) is 12.1 Å². The number of para-hydroxylation sites is 1. The molecule has 3 rings (SSSR count). The molecule has 3 aromatic rings. The summed E-state index contributed by atoms with van der Waals surface area (Å²) < 4.78 is 0. The molecule has 0 atom stereocenters. The first-order valence-electron chi connectivity index (χ1n) is 12.3. The van der Waals surface area contributed by atoms with Crippen LogP contribution >= 0.6 is 0 Å². The Morgan fingerprint density at radius 1 is 0.581 bits per heavy atom. The molecule has 0 aliphatic carbocycles. The largest absolute Gasteiger partial charge is 0.310 e. The Balaban J connectivity index is 1.75. The van der Waals surface area contributed by atoms with Crippen LogP contribution in [-0.2, 0) is 12.8 Å². The molecule has 1 heteroatoms. The molecule has 0 aliphatic heterocycles. The van der Waals surface area contributed by atoms with Gasteiger partial charge in [-0.3, -0.25) is 0 Å². The van der Waals surface area contributed by atoms with Crippen molar-refractivity contribution in [1.29, 1.82) is 0 Å². The number of aryl methyl sites for hydroxylation is 2. The summed E-state index contributed by atoms with van der Waals surface area (Å²) in [6.45, 7) is 4.53. The van der Waals surface area contributed by atoms with Crippen LogP contribution in [-0.4, -0.2) is 0 Å². The molecule has 0 unspecified atom stereocenters. The molecule has 1 nitrogen and oxygen atoms in total. The highest BCUT2D eigenvalue weighted by Gasteiger charge is 2.12. The lowest BCUT2D eigenvalue weighted by molar-refractivity contribution is 0.667. The van der Waals surface area contributed by atoms with Crippen molar-refractivity contribution in [1.82, 2.24) is 0 Å². The Bertz CT molecular complexity index is 794. The van der Waals surface area contributed by atoms with Crippen LogP contribution < -0.4 is 4.90 Å². The van der Waals surface area contributed by atoms with Gasteiger partial charge >= 0.3 is 0 Å². The third-order valence-corrected chi connectivity index (χ3v) is 5.96. The molecule has 3 aromatic carbocycles. The average Bonchev–Trinajstić information content (AvgIpc) is 2.82. The van der Waals surface area contributed by atoms with Crippen molar-refractivity contribution in [2.24, 2.45) is 0 Å². The second-order valence-electron chi connectivity index (χ2n) is 8.54. The molecule has 0 N–H and O–H groups in total. The molecule has 0 saturated carbocycles. The first-order valence-corrected chi connectivity index (χ1v) is 12.3. The molecule has 0 amide bonds. The van der Waals surface area contributed by atoms with E-state index in [9.17, 15) is 0 Å². The minimum atomic E-state index is 1.08. The monoisotopic (exact) mass is 412 g/mol. The lowest BCUT2D eigenvalue weighted by Crippen LogP contribution is -2.10. The van der Waals surface area contributed by atoms with Crippen LogP contribution in [0.1, 0.15) is 76.3 Å². The van der Waals surface area contributed by atoms with E-state index < -0.39 is 0 Å². The predicted octanol–water partition coefficient (Wildman–Crippen LogP) is 9.20. The highest BCUT2D eigenvalue weighted by Crippen LogP contribution is 2.34. The van der Waals surface area contributed by atoms with Gasteiger partial charge in [-0.25, -0.2) is 0 Å². The summed E-state index contributed by atoms with van der Waals surface area (Å²) in [5.41, 5.74) is 6.32. The lowest BCUT2D eigenvalue weighted by atomic mass is 10.0. The highest BCUT2D eigenvalue weighted by molar-refractivity contribution is 5.76. The van der Waals surface area contributed by atoms with E-state index in [1.54, 1.807) is 0 Å². The summed E-state index contributed by atoms with van der Waals surface area (Å²) in [5.74, 6) is 0. The zero-order valence-corrected chi connectivity index (χ0v) is 19.4. The first kappa shape index (κ1) is 23.1. The van der Waals surface area contributed by atoms with Gasteiger partial charge < -0.3 is 4.90 Å². The molecule has 0 saturated heterocycles. The number of hydrogen-bond acceptors (Lipinski definition) is 1. The Morgan fingerprint density at radius 3 is 1.52 bits per heavy atom. The van der Waals surface area contributed by atoms with Crippen LogP contribution in [0.4, 0.5) is 17.1 Å². The summed E-state index contributed by atoms with van der Waals surface area (Å²) >= 11 is 0. The molecule has 0 spiro atoms. The third-order valence-electron chi connectivity index (χ3n) is 5.96. The van der Waals surface area contributed by atoms with Crippen LogP contribution in [0.25, 0.3) is 0 Å². The van der Waals surface area contributed by atoms with Crippen LogP contribution in [0.3, 0.4) is 0 Å². The van der Waals surface area contributed by atoms with E-state index in [0.29, 0.717) is 0 Å². The number of hydrogen-bond donors (Lipinski definition) is 0. The van der Waals surface area contributed by atoms with Gasteiger partial charge in [-0.1, -0.05) is 94.8 Å². The van der Waals surface area contributed by atoms with E-state index in [2.05, 4.69) is 85.5 Å². The van der Waals surface area contributed by atoms with Crippen molar-refractivity contribution in [3.05, 3.63) is 90.0 Å². The molecule has 0 aliphatic rings. The maximum absolute atomic E-state index is 3.42. The minimum absolute atomic E-state index is 1.08. The van der Waals surface area contributed by atoms with Crippen molar-refractivity contribution < 1.29 is 0 Å². The van der Waals surface area contributed by atoms with Gasteiger partial charge in [-0.15, -0.1) is 0 Å². The van der Waals surface area contributed by atoms with Crippen molar-refractivity contribution in [2.75, 3.05) is 4.90 Å². The summed E-state index contributed by atoms with van der Waals surface area (Å²) in [4.78, 5) is 2.31. The Morgan fingerprint density at radius 2 is 1.10 bits per heavy atom. The van der Waals surface area contributed by atoms with E-state index in [0.717, 1.165) is 5.69 Å². The number of anilines is 3. The maximum Gasteiger partial charge on any atom is 0.0540 e. The molecule has 0 bridgehead atoms. The summed E-state index contributed by atoms with van der Waals surface area (Å²) in [6, 6.07) is 29.9. The van der Waals surface area contributed by atoms with Crippen LogP contribution in [0, 0.1) is 6.07 Å². The van der Waals surface area contributed by atoms with E-state index >= 15 is 0 Å². The van der Waals surface area contributed by atoms with Crippen molar-refractivity contribution in [2.45, 2.75) is 78.1 Å². The number of benzene rings is 3. The second kappa shape index (κ2) is 13.0. The van der Waals surface area contributed by atoms with Crippen molar-refractivity contribution >= 4 is 17.1 Å². The zero-order chi connectivity index (χ0) is 21.7. The second-order valence-corrected chi connectivity index (χ2v) is 8.54. The fourth-order valence-corrected chi connectivity index (χ4v) is 4.09. The highest BCUT2D eigenvalue weighted by atomic mass is 15.1. The third kappa shape index (κ3) is 7.28. The lowest BCUT2D eigenvalue weighted by Gasteiger charge is -2.25. The quantitative estimate of drug-likeness (QED) is 0.253. The Hall–Kier alpha value is -2.54. The fourth-order valence-electron chi connectivity index (χ4n) is 4.09. The van der Waals surface area contributed by atoms with E-state index in [-0.39, 0.29) is 0 Å². The minimum Gasteiger partial charge on any atom is -0.310 e. The van der Waals surface area contributed by atoms with Gasteiger partial charge in [-0.05, 0) is 67.1 Å². The van der Waals surface area contributed by atoms with Gasteiger partial charge in [0.05, 0.1) is 5.69 Å². The molecule has 163 valence electrons. The molecular formula is C30H38N. The molecule has 0 aromatic heterocycles. The zero-order valence-electron chi connectivity index (χ0n) is 19.4. The smallest absolute Gasteiger partial charge is 0.0540 e. The van der Waals surface area contributed by atoms with E-state index in [4.69, 9.17) is 0 Å². The summed E-state index contributed by atoms with van der Waals surface area (Å²) in [7, 11) is 0. The van der Waals surface area contributed by atoms with E-state index in [1.165, 1.54) is 86.7 Å². The summed E-state index contributed by atoms with van der Waals surface area (Å²) in [6.07, 6.45) is 12.8. The molecule has 31 heavy (non-hydrogen) atoms. The fraction of sp³-hybridized carbons (Fsp3) is 0.400. The first-order chi connectivity index (χ1) is 15.3. The summed E-state index contributed by atoms with van der Waals surface area (Å²) in [5, 5.41) is 0. The van der Waals surface area contributed by atoms with Gasteiger partial charge in [0.15, 0.2) is 0 Å². The standard InChI is InChI=1S/C30H38N/c1-3-5-7-10-14-26-18-22-29(23-19-26)31(28-16-12-9-13-17-28)30-24-20-27(21-25-30)15-11-8-6-4-2/h9,12-13,16,18-25H,3-8,10-11,14-15H2,1-2H3. The number of unbranched alkanes of at least 4 members (excludes halogenated alkanes) is 6. The van der Waals surface area contributed by atoms with Crippen molar-refractivity contribution in [3.63, 3.8) is 0 Å².